The van der Waals surface area contributed by atoms with Crippen LogP contribution in [0.2, 0.25) is 0 Å². The smallest absolute Gasteiger partial charge is 0.416 e. The lowest BCUT2D eigenvalue weighted by Crippen LogP contribution is -2.15. The van der Waals surface area contributed by atoms with Crippen LogP contribution in [0.4, 0.5) is 13.2 Å². The van der Waals surface area contributed by atoms with Gasteiger partial charge in [0.25, 0.3) is 0 Å². The summed E-state index contributed by atoms with van der Waals surface area (Å²) < 4.78 is 43.9. The van der Waals surface area contributed by atoms with Gasteiger partial charge in [-0.05, 0) is 37.0 Å². The van der Waals surface area contributed by atoms with Gasteiger partial charge in [-0.1, -0.05) is 35.2 Å². The summed E-state index contributed by atoms with van der Waals surface area (Å²) in [6.45, 7) is 0.508. The Kier molecular flexibility index (Phi) is 4.76. The zero-order valence-electron chi connectivity index (χ0n) is 10.5. The molecular weight excluding hydrogens is 321 g/mol. The largest absolute Gasteiger partial charge is 0.493 e. The highest BCUT2D eigenvalue weighted by Gasteiger charge is 2.31. The summed E-state index contributed by atoms with van der Waals surface area (Å²) >= 11 is 3.09. The third-order valence-corrected chi connectivity index (χ3v) is 3.87. The summed E-state index contributed by atoms with van der Waals surface area (Å²) in [6, 6.07) is 3.71. The van der Waals surface area contributed by atoms with Crippen molar-refractivity contribution < 1.29 is 17.9 Å². The van der Waals surface area contributed by atoms with E-state index in [1.54, 1.807) is 6.07 Å². The Labute approximate surface area is 119 Å². The van der Waals surface area contributed by atoms with Crippen LogP contribution in [0, 0.1) is 5.92 Å². The highest BCUT2D eigenvalue weighted by Crippen LogP contribution is 2.34. The molecule has 5 heteroatoms. The molecule has 0 radical (unpaired) electrons. The van der Waals surface area contributed by atoms with Crippen molar-refractivity contribution in [2.24, 2.45) is 5.92 Å². The van der Waals surface area contributed by atoms with E-state index in [2.05, 4.69) is 15.9 Å². The molecule has 1 nitrogen and oxygen atoms in total. The maximum Gasteiger partial charge on any atom is 0.416 e. The van der Waals surface area contributed by atoms with Crippen molar-refractivity contribution in [3.05, 3.63) is 28.2 Å². The Morgan fingerprint density at radius 1 is 1.11 bits per heavy atom. The van der Waals surface area contributed by atoms with Gasteiger partial charge in [-0.15, -0.1) is 0 Å². The number of alkyl halides is 3. The first kappa shape index (κ1) is 14.7. The standard InChI is InChI=1S/C14H16BrF3O/c15-12-6-11(14(16,17)18)7-13(8-12)19-9-10-4-2-1-3-5-10/h6-8,10H,1-5,9H2. The van der Waals surface area contributed by atoms with Crippen molar-refractivity contribution in [1.29, 1.82) is 0 Å². The van der Waals surface area contributed by atoms with Crippen LogP contribution in [0.25, 0.3) is 0 Å². The van der Waals surface area contributed by atoms with Gasteiger partial charge >= 0.3 is 6.18 Å². The molecule has 1 aromatic carbocycles. The van der Waals surface area contributed by atoms with E-state index in [4.69, 9.17) is 4.74 Å². The molecule has 0 saturated heterocycles. The van der Waals surface area contributed by atoms with Crippen LogP contribution >= 0.6 is 15.9 Å². The van der Waals surface area contributed by atoms with E-state index in [0.717, 1.165) is 25.0 Å². The monoisotopic (exact) mass is 336 g/mol. The lowest BCUT2D eigenvalue weighted by atomic mass is 9.90. The summed E-state index contributed by atoms with van der Waals surface area (Å²) in [5, 5.41) is 0. The lowest BCUT2D eigenvalue weighted by molar-refractivity contribution is -0.137. The molecule has 1 fully saturated rings. The van der Waals surface area contributed by atoms with E-state index in [1.807, 2.05) is 0 Å². The highest BCUT2D eigenvalue weighted by atomic mass is 79.9. The Balaban J connectivity index is 2.01. The average molecular weight is 337 g/mol. The second-order valence-corrected chi connectivity index (χ2v) is 5.90. The summed E-state index contributed by atoms with van der Waals surface area (Å²) in [4.78, 5) is 0. The third-order valence-electron chi connectivity index (χ3n) is 3.41. The molecule has 0 spiro atoms. The third kappa shape index (κ3) is 4.41. The van der Waals surface area contributed by atoms with Crippen LogP contribution in [0.5, 0.6) is 5.75 Å². The highest BCUT2D eigenvalue weighted by molar-refractivity contribution is 9.10. The molecule has 0 amide bonds. The number of benzene rings is 1. The average Bonchev–Trinajstić information content (AvgIpc) is 2.36. The Hall–Kier alpha value is -0.710. The van der Waals surface area contributed by atoms with Crippen molar-refractivity contribution in [3.63, 3.8) is 0 Å². The van der Waals surface area contributed by atoms with Gasteiger partial charge in [0.1, 0.15) is 5.75 Å². The molecule has 1 aromatic rings. The Morgan fingerprint density at radius 2 is 1.79 bits per heavy atom. The lowest BCUT2D eigenvalue weighted by Gasteiger charge is -2.22. The van der Waals surface area contributed by atoms with Crippen LogP contribution in [0.15, 0.2) is 22.7 Å². The maximum absolute atomic E-state index is 12.7. The molecule has 0 N–H and O–H groups in total. The number of hydrogen-bond donors (Lipinski definition) is 0. The summed E-state index contributed by atoms with van der Waals surface area (Å²) in [7, 11) is 0. The second-order valence-electron chi connectivity index (χ2n) is 4.99. The van der Waals surface area contributed by atoms with Gasteiger partial charge in [0.05, 0.1) is 12.2 Å². The molecule has 0 heterocycles. The summed E-state index contributed by atoms with van der Waals surface area (Å²) in [5.41, 5.74) is -0.680. The molecule has 0 bridgehead atoms. The predicted molar refractivity (Wildman–Crippen MR) is 71.2 cm³/mol. The second kappa shape index (κ2) is 6.16. The molecule has 1 aliphatic carbocycles. The van der Waals surface area contributed by atoms with E-state index in [9.17, 15) is 13.2 Å². The fraction of sp³-hybridized carbons (Fsp3) is 0.571. The fourth-order valence-corrected chi connectivity index (χ4v) is 2.85. The molecule has 106 valence electrons. The maximum atomic E-state index is 12.7. The van der Waals surface area contributed by atoms with E-state index in [1.165, 1.54) is 19.3 Å². The van der Waals surface area contributed by atoms with E-state index in [-0.39, 0.29) is 5.75 Å². The van der Waals surface area contributed by atoms with Gasteiger partial charge in [-0.3, -0.25) is 0 Å². The van der Waals surface area contributed by atoms with Crippen LogP contribution in [-0.4, -0.2) is 6.61 Å². The topological polar surface area (TPSA) is 9.23 Å². The minimum atomic E-state index is -4.34. The first-order valence-electron chi connectivity index (χ1n) is 6.46. The Morgan fingerprint density at radius 3 is 2.42 bits per heavy atom. The molecule has 1 saturated carbocycles. The van der Waals surface area contributed by atoms with E-state index < -0.39 is 11.7 Å². The molecule has 0 aromatic heterocycles. The quantitative estimate of drug-likeness (QED) is 0.715. The number of rotatable bonds is 3. The van der Waals surface area contributed by atoms with E-state index >= 15 is 0 Å². The summed E-state index contributed by atoms with van der Waals surface area (Å²) in [6.07, 6.45) is 1.53. The van der Waals surface area contributed by atoms with Crippen LogP contribution < -0.4 is 4.74 Å². The first-order chi connectivity index (χ1) is 8.95. The zero-order valence-corrected chi connectivity index (χ0v) is 12.1. The van der Waals surface area contributed by atoms with Crippen molar-refractivity contribution in [2.45, 2.75) is 38.3 Å². The number of ether oxygens (including phenoxy) is 1. The van der Waals surface area contributed by atoms with Crippen molar-refractivity contribution in [3.8, 4) is 5.75 Å². The molecule has 2 rings (SSSR count). The minimum Gasteiger partial charge on any atom is -0.493 e. The van der Waals surface area contributed by atoms with Crippen LogP contribution in [-0.2, 0) is 6.18 Å². The van der Waals surface area contributed by atoms with Crippen LogP contribution in [0.1, 0.15) is 37.7 Å². The molecule has 0 unspecified atom stereocenters. The molecule has 1 aliphatic rings. The minimum absolute atomic E-state index is 0.285. The van der Waals surface area contributed by atoms with Gasteiger partial charge in [0.15, 0.2) is 0 Å². The van der Waals surface area contributed by atoms with Gasteiger partial charge in [-0.2, -0.15) is 13.2 Å². The summed E-state index contributed by atoms with van der Waals surface area (Å²) in [5.74, 6) is 0.759. The van der Waals surface area contributed by atoms with Gasteiger partial charge < -0.3 is 4.74 Å². The van der Waals surface area contributed by atoms with Crippen molar-refractivity contribution >= 4 is 15.9 Å². The SMILES string of the molecule is FC(F)(F)c1cc(Br)cc(OCC2CCCCC2)c1. The normalized spacial score (nSPS) is 17.5. The number of hydrogen-bond acceptors (Lipinski definition) is 1. The Bertz CT molecular complexity index is 425. The predicted octanol–water partition coefficient (Wildman–Crippen LogP) is 5.43. The van der Waals surface area contributed by atoms with Crippen molar-refractivity contribution in [2.75, 3.05) is 6.61 Å². The van der Waals surface area contributed by atoms with Gasteiger partial charge in [0.2, 0.25) is 0 Å². The van der Waals surface area contributed by atoms with Gasteiger partial charge in [-0.25, -0.2) is 0 Å². The van der Waals surface area contributed by atoms with E-state index in [0.29, 0.717) is 17.0 Å². The molecule has 0 atom stereocenters. The fourth-order valence-electron chi connectivity index (χ4n) is 2.38. The van der Waals surface area contributed by atoms with Crippen molar-refractivity contribution in [1.82, 2.24) is 0 Å². The first-order valence-corrected chi connectivity index (χ1v) is 7.25. The zero-order chi connectivity index (χ0) is 13.9. The van der Waals surface area contributed by atoms with Gasteiger partial charge in [0, 0.05) is 4.47 Å². The van der Waals surface area contributed by atoms with Crippen LogP contribution in [0.3, 0.4) is 0 Å². The molecular formula is C14H16BrF3O. The molecule has 19 heavy (non-hydrogen) atoms. The molecule has 0 aliphatic heterocycles. The number of halogens is 4.